The van der Waals surface area contributed by atoms with E-state index in [4.69, 9.17) is 22.1 Å². The number of ether oxygens (including phenoxy) is 1. The summed E-state index contributed by atoms with van der Waals surface area (Å²) in [6.07, 6.45) is 0.955. The molecule has 0 aromatic heterocycles. The van der Waals surface area contributed by atoms with Gasteiger partial charge in [-0.2, -0.15) is 0 Å². The molecular weight excluding hydrogens is 288 g/mol. The third kappa shape index (κ3) is 4.13. The number of amides is 1. The van der Waals surface area contributed by atoms with E-state index in [-0.39, 0.29) is 5.91 Å². The summed E-state index contributed by atoms with van der Waals surface area (Å²) < 4.78 is 5.48. The van der Waals surface area contributed by atoms with Gasteiger partial charge in [-0.25, -0.2) is 0 Å². The highest BCUT2D eigenvalue weighted by Crippen LogP contribution is 2.21. The SMILES string of the molecule is CCCOc1ccc(NC(=O)c2ccc(Cl)c(N)c2)cc1. The minimum Gasteiger partial charge on any atom is -0.494 e. The molecule has 4 nitrogen and oxygen atoms in total. The van der Waals surface area contributed by atoms with E-state index in [1.807, 2.05) is 19.1 Å². The molecule has 0 aliphatic rings. The average Bonchev–Trinajstić information content (AvgIpc) is 2.49. The number of nitrogens with two attached hydrogens (primary N) is 1. The Bertz CT molecular complexity index is 627. The van der Waals surface area contributed by atoms with Crippen molar-refractivity contribution >= 4 is 28.9 Å². The zero-order valence-corrected chi connectivity index (χ0v) is 12.5. The van der Waals surface area contributed by atoms with E-state index in [1.54, 1.807) is 30.3 Å². The molecule has 0 heterocycles. The lowest BCUT2D eigenvalue weighted by atomic mass is 10.2. The van der Waals surface area contributed by atoms with Crippen LogP contribution in [0.2, 0.25) is 5.02 Å². The molecule has 0 atom stereocenters. The number of rotatable bonds is 5. The van der Waals surface area contributed by atoms with Gasteiger partial charge in [-0.3, -0.25) is 4.79 Å². The monoisotopic (exact) mass is 304 g/mol. The van der Waals surface area contributed by atoms with Gasteiger partial charge in [0.2, 0.25) is 0 Å². The van der Waals surface area contributed by atoms with Crippen molar-refractivity contribution in [2.24, 2.45) is 0 Å². The van der Waals surface area contributed by atoms with Gasteiger partial charge in [0.1, 0.15) is 5.75 Å². The predicted molar refractivity (Wildman–Crippen MR) is 86.0 cm³/mol. The summed E-state index contributed by atoms with van der Waals surface area (Å²) in [5.74, 6) is 0.547. The molecule has 0 saturated carbocycles. The lowest BCUT2D eigenvalue weighted by Crippen LogP contribution is -2.12. The first-order chi connectivity index (χ1) is 10.1. The van der Waals surface area contributed by atoms with Crippen molar-refractivity contribution in [3.63, 3.8) is 0 Å². The number of benzene rings is 2. The van der Waals surface area contributed by atoms with E-state index in [0.717, 1.165) is 12.2 Å². The van der Waals surface area contributed by atoms with Gasteiger partial charge in [-0.15, -0.1) is 0 Å². The lowest BCUT2D eigenvalue weighted by Gasteiger charge is -2.08. The second-order valence-corrected chi connectivity index (χ2v) is 4.97. The largest absolute Gasteiger partial charge is 0.494 e. The third-order valence-electron chi connectivity index (χ3n) is 2.84. The van der Waals surface area contributed by atoms with Crippen molar-refractivity contribution < 1.29 is 9.53 Å². The molecule has 0 fully saturated rings. The highest BCUT2D eigenvalue weighted by molar-refractivity contribution is 6.33. The third-order valence-corrected chi connectivity index (χ3v) is 3.19. The van der Waals surface area contributed by atoms with Crippen LogP contribution in [0.25, 0.3) is 0 Å². The molecule has 0 aliphatic heterocycles. The molecule has 0 unspecified atom stereocenters. The van der Waals surface area contributed by atoms with Crippen molar-refractivity contribution in [3.8, 4) is 5.75 Å². The van der Waals surface area contributed by atoms with Crippen LogP contribution in [0, 0.1) is 0 Å². The van der Waals surface area contributed by atoms with E-state index in [2.05, 4.69) is 5.32 Å². The molecule has 5 heteroatoms. The number of hydrogen-bond donors (Lipinski definition) is 2. The summed E-state index contributed by atoms with van der Waals surface area (Å²) in [6.45, 7) is 2.72. The Kier molecular flexibility index (Phi) is 5.06. The summed E-state index contributed by atoms with van der Waals surface area (Å²) in [4.78, 5) is 12.1. The van der Waals surface area contributed by atoms with Crippen molar-refractivity contribution in [1.82, 2.24) is 0 Å². The molecule has 3 N–H and O–H groups in total. The average molecular weight is 305 g/mol. The van der Waals surface area contributed by atoms with Crippen LogP contribution in [0.3, 0.4) is 0 Å². The predicted octanol–water partition coefficient (Wildman–Crippen LogP) is 3.96. The molecule has 2 aromatic carbocycles. The van der Waals surface area contributed by atoms with Gasteiger partial charge in [0.15, 0.2) is 0 Å². The molecule has 2 rings (SSSR count). The Balaban J connectivity index is 2.03. The molecule has 0 bridgehead atoms. The Morgan fingerprint density at radius 3 is 2.57 bits per heavy atom. The maximum atomic E-state index is 12.1. The van der Waals surface area contributed by atoms with Gasteiger partial charge in [0.25, 0.3) is 5.91 Å². The van der Waals surface area contributed by atoms with Gasteiger partial charge in [-0.05, 0) is 48.9 Å². The Morgan fingerprint density at radius 1 is 1.24 bits per heavy atom. The Morgan fingerprint density at radius 2 is 1.95 bits per heavy atom. The molecular formula is C16H17ClN2O2. The summed E-state index contributed by atoms with van der Waals surface area (Å²) >= 11 is 5.83. The molecule has 0 spiro atoms. The first-order valence-electron chi connectivity index (χ1n) is 6.69. The molecule has 1 amide bonds. The van der Waals surface area contributed by atoms with Crippen LogP contribution in [0.4, 0.5) is 11.4 Å². The summed E-state index contributed by atoms with van der Waals surface area (Å²) in [5, 5.41) is 3.23. The summed E-state index contributed by atoms with van der Waals surface area (Å²) in [7, 11) is 0. The van der Waals surface area contributed by atoms with E-state index >= 15 is 0 Å². The fourth-order valence-corrected chi connectivity index (χ4v) is 1.86. The van der Waals surface area contributed by atoms with Crippen molar-refractivity contribution in [3.05, 3.63) is 53.1 Å². The highest BCUT2D eigenvalue weighted by Gasteiger charge is 2.08. The fraction of sp³-hybridized carbons (Fsp3) is 0.188. The topological polar surface area (TPSA) is 64.3 Å². The van der Waals surface area contributed by atoms with Gasteiger partial charge in [0, 0.05) is 11.3 Å². The second-order valence-electron chi connectivity index (χ2n) is 4.56. The van der Waals surface area contributed by atoms with Crippen molar-refractivity contribution in [2.75, 3.05) is 17.7 Å². The molecule has 21 heavy (non-hydrogen) atoms. The molecule has 2 aromatic rings. The number of nitrogens with one attached hydrogen (secondary N) is 1. The van der Waals surface area contributed by atoms with E-state index < -0.39 is 0 Å². The zero-order valence-electron chi connectivity index (χ0n) is 11.7. The van der Waals surface area contributed by atoms with Crippen LogP contribution in [0.1, 0.15) is 23.7 Å². The zero-order chi connectivity index (χ0) is 15.2. The summed E-state index contributed by atoms with van der Waals surface area (Å²) in [6, 6.07) is 12.0. The van der Waals surface area contributed by atoms with Crippen molar-refractivity contribution in [2.45, 2.75) is 13.3 Å². The van der Waals surface area contributed by atoms with Gasteiger partial charge in [0.05, 0.1) is 17.3 Å². The Labute approximate surface area is 128 Å². The van der Waals surface area contributed by atoms with Crippen molar-refractivity contribution in [1.29, 1.82) is 0 Å². The van der Waals surface area contributed by atoms with Gasteiger partial charge in [-0.1, -0.05) is 18.5 Å². The number of carbonyl (C=O) groups excluding carboxylic acids is 1. The van der Waals surface area contributed by atoms with Crippen LogP contribution in [-0.4, -0.2) is 12.5 Å². The van der Waals surface area contributed by atoms with E-state index in [0.29, 0.717) is 28.6 Å². The van der Waals surface area contributed by atoms with Gasteiger partial charge >= 0.3 is 0 Å². The minimum atomic E-state index is -0.236. The maximum Gasteiger partial charge on any atom is 0.255 e. The molecule has 0 radical (unpaired) electrons. The van der Waals surface area contributed by atoms with Crippen LogP contribution >= 0.6 is 11.6 Å². The normalized spacial score (nSPS) is 10.2. The number of halogens is 1. The number of nitrogen functional groups attached to an aromatic ring is 1. The van der Waals surface area contributed by atoms with Crippen LogP contribution in [-0.2, 0) is 0 Å². The quantitative estimate of drug-likeness (QED) is 0.822. The first-order valence-corrected chi connectivity index (χ1v) is 7.07. The van der Waals surface area contributed by atoms with Crippen LogP contribution in [0.15, 0.2) is 42.5 Å². The first kappa shape index (κ1) is 15.2. The maximum absolute atomic E-state index is 12.1. The molecule has 110 valence electrons. The molecule has 0 aliphatic carbocycles. The molecule has 0 saturated heterocycles. The highest BCUT2D eigenvalue weighted by atomic mass is 35.5. The van der Waals surface area contributed by atoms with Gasteiger partial charge < -0.3 is 15.8 Å². The smallest absolute Gasteiger partial charge is 0.255 e. The standard InChI is InChI=1S/C16H17ClN2O2/c1-2-9-21-13-6-4-12(5-7-13)19-16(20)11-3-8-14(17)15(18)10-11/h3-8,10H,2,9,18H2,1H3,(H,19,20). The summed E-state index contributed by atoms with van der Waals surface area (Å²) in [5.41, 5.74) is 7.23. The van der Waals surface area contributed by atoms with Crippen LogP contribution < -0.4 is 15.8 Å². The van der Waals surface area contributed by atoms with E-state index in [1.165, 1.54) is 0 Å². The van der Waals surface area contributed by atoms with E-state index in [9.17, 15) is 4.79 Å². The lowest BCUT2D eigenvalue weighted by molar-refractivity contribution is 0.102. The number of carbonyl (C=O) groups is 1. The van der Waals surface area contributed by atoms with Crippen LogP contribution in [0.5, 0.6) is 5.75 Å². The minimum absolute atomic E-state index is 0.236. The Hall–Kier alpha value is -2.20. The fourth-order valence-electron chi connectivity index (χ4n) is 1.74. The number of hydrogen-bond acceptors (Lipinski definition) is 3. The second kappa shape index (κ2) is 6.99. The number of anilines is 2.